The molecular weight excluding hydrogens is 1010 g/mol. The van der Waals surface area contributed by atoms with Crippen molar-refractivity contribution >= 4 is 36.4 Å². The Bertz CT molecular complexity index is 2140. The minimum atomic E-state index is -1.18. The first kappa shape index (κ1) is 57.4. The molecule has 0 aromatic heterocycles. The molecule has 0 unspecified atom stereocenters. The van der Waals surface area contributed by atoms with E-state index in [1.165, 1.54) is 100 Å². The highest BCUT2D eigenvalue weighted by Gasteiger charge is 2.42. The Kier molecular flexibility index (Phi) is 20.8. The summed E-state index contributed by atoms with van der Waals surface area (Å²) >= 11 is 0. The van der Waals surface area contributed by atoms with E-state index < -0.39 is 54.7 Å². The fourth-order valence-electron chi connectivity index (χ4n) is 10.4. The van der Waals surface area contributed by atoms with Crippen molar-refractivity contribution in [3.05, 3.63) is 53.1 Å². The van der Waals surface area contributed by atoms with E-state index in [9.17, 15) is 28.8 Å². The number of carbonyl (C=O) groups is 6. The summed E-state index contributed by atoms with van der Waals surface area (Å²) in [6.45, 7) is 0. The molecule has 416 valence electrons. The number of ether oxygens (including phenoxy) is 12. The van der Waals surface area contributed by atoms with Crippen LogP contribution in [-0.4, -0.2) is 119 Å². The summed E-state index contributed by atoms with van der Waals surface area (Å²) in [7, 11) is 12.6. The van der Waals surface area contributed by atoms with Gasteiger partial charge in [0.1, 0.15) is 18.3 Å². The molecule has 3 aliphatic rings. The minimum absolute atomic E-state index is 0.0286. The third kappa shape index (κ3) is 14.5. The Morgan fingerprint density at radius 2 is 0.526 bits per heavy atom. The monoisotopic (exact) mass is 1070 g/mol. The van der Waals surface area contributed by atoms with Gasteiger partial charge in [0.15, 0.2) is 34.5 Å². The Morgan fingerprint density at radius 1 is 0.316 bits per heavy atom. The highest BCUT2D eigenvalue weighted by atomic mass is 17.2. The second kappa shape index (κ2) is 27.6. The largest absolute Gasteiger partial charge is 0.550 e. The van der Waals surface area contributed by atoms with Crippen LogP contribution in [0, 0.1) is 23.7 Å². The second-order valence-electron chi connectivity index (χ2n) is 17.9. The van der Waals surface area contributed by atoms with Gasteiger partial charge in [0.05, 0.1) is 80.7 Å². The maximum absolute atomic E-state index is 12.8. The van der Waals surface area contributed by atoms with Crippen LogP contribution < -0.4 is 42.6 Å². The molecule has 3 aromatic carbocycles. The predicted octanol–water partition coefficient (Wildman–Crippen LogP) is 9.13. The van der Waals surface area contributed by atoms with E-state index in [1.54, 1.807) is 0 Å². The topological polar surface area (TPSA) is 269 Å². The summed E-state index contributed by atoms with van der Waals surface area (Å²) in [5.41, 5.74) is -0.0858. The van der Waals surface area contributed by atoms with Gasteiger partial charge < -0.3 is 56.8 Å². The summed E-state index contributed by atoms with van der Waals surface area (Å²) in [5, 5.41) is 0. The molecule has 0 bridgehead atoms. The number of benzene rings is 3. The molecule has 0 amide bonds. The summed E-state index contributed by atoms with van der Waals surface area (Å²) in [5.74, 6) is -0.247. The normalized spacial score (nSPS) is 20.3. The van der Waals surface area contributed by atoms with Gasteiger partial charge in [0.2, 0.25) is 17.2 Å². The molecule has 76 heavy (non-hydrogen) atoms. The number of carbonyl (C=O) groups excluding carboxylic acids is 6. The molecule has 0 N–H and O–H groups in total. The average molecular weight is 1070 g/mol. The van der Waals surface area contributed by atoms with E-state index in [4.69, 9.17) is 86.2 Å². The standard InChI is InChI=1S/C52H64O24/c1-59-37-22-31(23-38(60-2)44(37)65-7)47(53)71-74-50(56)68-34-16-10-28(11-17-34)43(29-12-18-35(19-13-29)69-51(57)75-72-48(54)32-24-39(61-3)45(66-8)40(25-32)62-4)30-14-20-36(21-15-30)70-52(58)76-73-49(55)33-26-41(63-5)46(67-9)42(27-33)64-6/h22-30,34-36,43H,10-21H2,1-9H3. The maximum Gasteiger partial charge on any atom is 0.550 e. The number of hydrogen-bond acceptors (Lipinski definition) is 24. The highest BCUT2D eigenvalue weighted by molar-refractivity contribution is 5.92. The van der Waals surface area contributed by atoms with E-state index in [-0.39, 0.29) is 92.1 Å². The van der Waals surface area contributed by atoms with E-state index in [2.05, 4.69) is 0 Å². The van der Waals surface area contributed by atoms with Crippen molar-refractivity contribution in [3.63, 3.8) is 0 Å². The smallest absolute Gasteiger partial charge is 0.493 e. The number of hydrogen-bond donors (Lipinski definition) is 0. The lowest BCUT2D eigenvalue weighted by Gasteiger charge is -2.45. The van der Waals surface area contributed by atoms with E-state index in [0.29, 0.717) is 77.0 Å². The lowest BCUT2D eigenvalue weighted by molar-refractivity contribution is -0.209. The second-order valence-corrected chi connectivity index (χ2v) is 17.9. The van der Waals surface area contributed by atoms with Gasteiger partial charge in [-0.15, -0.1) is 0 Å². The van der Waals surface area contributed by atoms with Gasteiger partial charge in [-0.05, 0) is 137 Å². The zero-order valence-corrected chi connectivity index (χ0v) is 43.8. The number of rotatable bonds is 18. The summed E-state index contributed by atoms with van der Waals surface area (Å²) in [6, 6.07) is 8.08. The molecule has 3 aliphatic carbocycles. The molecule has 6 rings (SSSR count). The molecular formula is C52H64O24. The van der Waals surface area contributed by atoms with Crippen molar-refractivity contribution in [2.24, 2.45) is 23.7 Å². The van der Waals surface area contributed by atoms with Gasteiger partial charge in [-0.1, -0.05) is 0 Å². The molecule has 0 radical (unpaired) electrons. The highest BCUT2D eigenvalue weighted by Crippen LogP contribution is 2.49. The molecule has 0 aliphatic heterocycles. The molecule has 0 spiro atoms. The lowest BCUT2D eigenvalue weighted by atomic mass is 9.61. The Morgan fingerprint density at radius 3 is 0.711 bits per heavy atom. The van der Waals surface area contributed by atoms with Crippen LogP contribution in [0.2, 0.25) is 0 Å². The molecule has 0 saturated heterocycles. The predicted molar refractivity (Wildman–Crippen MR) is 258 cm³/mol. The first-order valence-corrected chi connectivity index (χ1v) is 24.4. The first-order valence-electron chi connectivity index (χ1n) is 24.4. The summed E-state index contributed by atoms with van der Waals surface area (Å²) < 4.78 is 64.3. The van der Waals surface area contributed by atoms with Crippen molar-refractivity contribution < 1.29 is 115 Å². The van der Waals surface area contributed by atoms with Gasteiger partial charge >= 0.3 is 36.4 Å². The molecule has 3 aromatic rings. The van der Waals surface area contributed by atoms with Crippen molar-refractivity contribution in [2.45, 2.75) is 95.4 Å². The van der Waals surface area contributed by atoms with Crippen LogP contribution in [0.5, 0.6) is 51.7 Å². The Balaban J connectivity index is 1.03. The molecule has 3 fully saturated rings. The van der Waals surface area contributed by atoms with Crippen molar-refractivity contribution in [1.82, 2.24) is 0 Å². The quantitative estimate of drug-likeness (QED) is 0.0497. The van der Waals surface area contributed by atoms with Crippen LogP contribution in [0.4, 0.5) is 14.4 Å². The van der Waals surface area contributed by atoms with E-state index >= 15 is 0 Å². The van der Waals surface area contributed by atoms with Crippen LogP contribution in [0.3, 0.4) is 0 Å². The maximum atomic E-state index is 12.8. The molecule has 0 atom stereocenters. The zero-order chi connectivity index (χ0) is 54.9. The Labute approximate surface area is 438 Å². The fraction of sp³-hybridized carbons (Fsp3) is 0.538. The van der Waals surface area contributed by atoms with Crippen molar-refractivity contribution in [3.8, 4) is 51.7 Å². The van der Waals surface area contributed by atoms with Gasteiger partial charge in [-0.2, -0.15) is 14.4 Å². The van der Waals surface area contributed by atoms with Crippen LogP contribution in [0.25, 0.3) is 0 Å². The van der Waals surface area contributed by atoms with E-state index in [1.807, 2.05) is 0 Å². The third-order valence-corrected chi connectivity index (χ3v) is 13.8. The zero-order valence-electron chi connectivity index (χ0n) is 43.8. The van der Waals surface area contributed by atoms with Gasteiger partial charge in [-0.25, -0.2) is 43.7 Å². The first-order chi connectivity index (χ1) is 36.7. The summed E-state index contributed by atoms with van der Waals surface area (Å²) in [4.78, 5) is 106. The van der Waals surface area contributed by atoms with Crippen LogP contribution in [0.1, 0.15) is 108 Å². The number of methoxy groups -OCH3 is 9. The third-order valence-electron chi connectivity index (χ3n) is 13.8. The molecule has 24 heteroatoms. The fourth-order valence-corrected chi connectivity index (χ4v) is 10.4. The Hall–Kier alpha value is -7.92. The average Bonchev–Trinajstić information content (AvgIpc) is 3.45. The minimum Gasteiger partial charge on any atom is -0.493 e. The van der Waals surface area contributed by atoms with E-state index in [0.717, 1.165) is 0 Å². The van der Waals surface area contributed by atoms with Gasteiger partial charge in [0.25, 0.3) is 0 Å². The van der Waals surface area contributed by atoms with Crippen LogP contribution in [0.15, 0.2) is 36.4 Å². The van der Waals surface area contributed by atoms with Gasteiger partial charge in [-0.3, -0.25) is 0 Å². The van der Waals surface area contributed by atoms with Crippen molar-refractivity contribution in [1.29, 1.82) is 0 Å². The van der Waals surface area contributed by atoms with Crippen molar-refractivity contribution in [2.75, 3.05) is 64.0 Å². The lowest BCUT2D eigenvalue weighted by Crippen LogP contribution is -2.39. The molecule has 0 heterocycles. The SMILES string of the molecule is COc1cc(C(=O)OOC(=O)OC2CCC(C(C3CCC(OC(=O)OOC(=O)c4cc(OC)c(OC)c(OC)c4)CC3)C3CCC(OC(=O)OOC(=O)c4cc(OC)c(OC)c(OC)c4)CC3)CC2)cc(OC)c1OC. The summed E-state index contributed by atoms with van der Waals surface area (Å²) in [6.07, 6.45) is 2.19. The molecule has 24 nitrogen and oxygen atoms in total. The molecule has 3 saturated carbocycles. The van der Waals surface area contributed by atoms with Crippen LogP contribution in [-0.2, 0) is 43.5 Å². The van der Waals surface area contributed by atoms with Crippen LogP contribution >= 0.6 is 0 Å². The van der Waals surface area contributed by atoms with Gasteiger partial charge in [0, 0.05) is 0 Å².